The largest absolute Gasteiger partial charge is 0.476 e. The number of rotatable bonds is 6. The Labute approximate surface area is 148 Å². The molecule has 1 fully saturated rings. The predicted molar refractivity (Wildman–Crippen MR) is 92.3 cm³/mol. The first kappa shape index (κ1) is 18.2. The van der Waals surface area contributed by atoms with Crippen molar-refractivity contribution in [1.82, 2.24) is 24.3 Å². The number of hydrogen-bond acceptors (Lipinski definition) is 6. The maximum absolute atomic E-state index is 12.3. The summed E-state index contributed by atoms with van der Waals surface area (Å²) in [6.07, 6.45) is 0. The van der Waals surface area contributed by atoms with Crippen LogP contribution in [0.25, 0.3) is 0 Å². The lowest BCUT2D eigenvalue weighted by atomic mass is 10.2. The molecule has 140 valence electrons. The number of amides is 1. The number of nitrogens with zero attached hydrogens (tertiary/aromatic N) is 4. The fraction of sp³-hybridized carbons (Fsp3) is 0.733. The fourth-order valence-corrected chi connectivity index (χ4v) is 4.22. The zero-order chi connectivity index (χ0) is 18.0. The van der Waals surface area contributed by atoms with Crippen LogP contribution in [0.2, 0.25) is 0 Å². The Kier molecular flexibility index (Phi) is 5.30. The molecule has 0 saturated carbocycles. The lowest BCUT2D eigenvalue weighted by molar-refractivity contribution is 0.0938. The van der Waals surface area contributed by atoms with Gasteiger partial charge in [-0.2, -0.15) is 9.40 Å². The number of hydrogen-bond donors (Lipinski definition) is 1. The first-order valence-electron chi connectivity index (χ1n) is 8.61. The number of nitrogens with one attached hydrogen (secondary N) is 1. The van der Waals surface area contributed by atoms with Gasteiger partial charge >= 0.3 is 0 Å². The molecule has 1 aromatic rings. The van der Waals surface area contributed by atoms with E-state index in [0.717, 1.165) is 5.56 Å². The Hall–Kier alpha value is -1.65. The number of carbonyl (C=O) groups is 1. The number of aromatic nitrogens is 2. The topological polar surface area (TPSA) is 96.8 Å². The van der Waals surface area contributed by atoms with E-state index in [-0.39, 0.29) is 11.7 Å². The Morgan fingerprint density at radius 1 is 1.24 bits per heavy atom. The molecule has 1 amide bonds. The molecular weight excluding hydrogens is 346 g/mol. The van der Waals surface area contributed by atoms with E-state index in [9.17, 15) is 13.2 Å². The summed E-state index contributed by atoms with van der Waals surface area (Å²) in [5.41, 5.74) is 1.18. The van der Waals surface area contributed by atoms with Crippen molar-refractivity contribution in [3.05, 3.63) is 11.3 Å². The molecule has 10 heteroatoms. The monoisotopic (exact) mass is 371 g/mol. The van der Waals surface area contributed by atoms with Gasteiger partial charge in [0, 0.05) is 44.8 Å². The maximum Gasteiger partial charge on any atom is 0.272 e. The highest BCUT2D eigenvalue weighted by Gasteiger charge is 2.26. The van der Waals surface area contributed by atoms with E-state index in [1.54, 1.807) is 11.6 Å². The van der Waals surface area contributed by atoms with Gasteiger partial charge in [-0.15, -0.1) is 0 Å². The van der Waals surface area contributed by atoms with Gasteiger partial charge in [0.25, 0.3) is 5.91 Å². The maximum atomic E-state index is 12.3. The molecule has 0 aliphatic carbocycles. The summed E-state index contributed by atoms with van der Waals surface area (Å²) in [5, 5.41) is 7.18. The van der Waals surface area contributed by atoms with Crippen molar-refractivity contribution in [1.29, 1.82) is 0 Å². The van der Waals surface area contributed by atoms with Crippen LogP contribution in [0.5, 0.6) is 5.88 Å². The SMILES string of the molecule is CCS(=O)(=O)N1CCN(CCNC(=O)c2nn3c(c2C)OCC3)CC1. The van der Waals surface area contributed by atoms with E-state index in [4.69, 9.17) is 4.74 Å². The van der Waals surface area contributed by atoms with Gasteiger partial charge in [0.2, 0.25) is 15.9 Å². The first-order valence-corrected chi connectivity index (χ1v) is 10.2. The first-order chi connectivity index (χ1) is 11.9. The van der Waals surface area contributed by atoms with Crippen LogP contribution in [0.3, 0.4) is 0 Å². The van der Waals surface area contributed by atoms with Crippen molar-refractivity contribution >= 4 is 15.9 Å². The van der Waals surface area contributed by atoms with Gasteiger partial charge in [0.15, 0.2) is 5.69 Å². The number of carbonyl (C=O) groups excluding carboxylic acids is 1. The average molecular weight is 371 g/mol. The lowest BCUT2D eigenvalue weighted by Gasteiger charge is -2.33. The van der Waals surface area contributed by atoms with Crippen LogP contribution in [0.1, 0.15) is 23.0 Å². The predicted octanol–water partition coefficient (Wildman–Crippen LogP) is -0.719. The third-order valence-corrected chi connectivity index (χ3v) is 6.57. The summed E-state index contributed by atoms with van der Waals surface area (Å²) in [5.74, 6) is 0.620. The van der Waals surface area contributed by atoms with E-state index in [0.29, 0.717) is 64.0 Å². The molecule has 0 unspecified atom stereocenters. The molecule has 0 spiro atoms. The minimum absolute atomic E-state index is 0.140. The van der Waals surface area contributed by atoms with Crippen molar-refractivity contribution in [2.45, 2.75) is 20.4 Å². The smallest absolute Gasteiger partial charge is 0.272 e. The molecule has 25 heavy (non-hydrogen) atoms. The Morgan fingerprint density at radius 2 is 1.96 bits per heavy atom. The highest BCUT2D eigenvalue weighted by molar-refractivity contribution is 7.89. The Morgan fingerprint density at radius 3 is 2.60 bits per heavy atom. The Bertz CT molecular complexity index is 737. The quantitative estimate of drug-likeness (QED) is 0.709. The lowest BCUT2D eigenvalue weighted by Crippen LogP contribution is -2.50. The van der Waals surface area contributed by atoms with Gasteiger partial charge in [-0.25, -0.2) is 13.1 Å². The van der Waals surface area contributed by atoms with E-state index in [1.807, 2.05) is 6.92 Å². The second-order valence-corrected chi connectivity index (χ2v) is 8.51. The van der Waals surface area contributed by atoms with Gasteiger partial charge in [0.05, 0.1) is 12.3 Å². The normalized spacial score (nSPS) is 18.8. The fourth-order valence-electron chi connectivity index (χ4n) is 3.14. The van der Waals surface area contributed by atoms with Gasteiger partial charge in [-0.1, -0.05) is 0 Å². The van der Waals surface area contributed by atoms with Crippen molar-refractivity contribution < 1.29 is 17.9 Å². The molecule has 2 aliphatic rings. The van der Waals surface area contributed by atoms with Gasteiger partial charge < -0.3 is 10.1 Å². The molecule has 0 bridgehead atoms. The minimum Gasteiger partial charge on any atom is -0.476 e. The van der Waals surface area contributed by atoms with Crippen molar-refractivity contribution in [3.63, 3.8) is 0 Å². The number of piperazine rings is 1. The summed E-state index contributed by atoms with van der Waals surface area (Å²) in [4.78, 5) is 14.4. The third-order valence-electron chi connectivity index (χ3n) is 4.69. The molecule has 0 radical (unpaired) electrons. The second-order valence-electron chi connectivity index (χ2n) is 6.25. The van der Waals surface area contributed by atoms with Crippen molar-refractivity contribution in [3.8, 4) is 5.88 Å². The molecule has 0 aromatic carbocycles. The van der Waals surface area contributed by atoms with Crippen LogP contribution in [-0.2, 0) is 16.6 Å². The highest BCUT2D eigenvalue weighted by Crippen LogP contribution is 2.25. The molecule has 1 aromatic heterocycles. The Balaban J connectivity index is 1.44. The van der Waals surface area contributed by atoms with Crippen LogP contribution in [0, 0.1) is 6.92 Å². The molecule has 0 atom stereocenters. The third kappa shape index (κ3) is 3.80. The average Bonchev–Trinajstić information content (AvgIpc) is 3.18. The molecule has 3 heterocycles. The van der Waals surface area contributed by atoms with E-state index in [1.165, 1.54) is 4.31 Å². The van der Waals surface area contributed by atoms with Crippen LogP contribution < -0.4 is 10.1 Å². The summed E-state index contributed by atoms with van der Waals surface area (Å²) < 4.78 is 32.4. The molecular formula is C15H25N5O4S. The van der Waals surface area contributed by atoms with Crippen molar-refractivity contribution in [2.24, 2.45) is 0 Å². The van der Waals surface area contributed by atoms with E-state index in [2.05, 4.69) is 15.3 Å². The summed E-state index contributed by atoms with van der Waals surface area (Å²) in [6, 6.07) is 0. The number of ether oxygens (including phenoxy) is 1. The molecule has 2 aliphatic heterocycles. The summed E-state index contributed by atoms with van der Waals surface area (Å²) in [6.45, 7) is 8.35. The second kappa shape index (κ2) is 7.30. The van der Waals surface area contributed by atoms with Crippen molar-refractivity contribution in [2.75, 3.05) is 51.6 Å². The summed E-state index contributed by atoms with van der Waals surface area (Å²) >= 11 is 0. The minimum atomic E-state index is -3.10. The highest BCUT2D eigenvalue weighted by atomic mass is 32.2. The number of sulfonamides is 1. The van der Waals surface area contributed by atoms with Crippen LogP contribution in [-0.4, -0.2) is 84.9 Å². The van der Waals surface area contributed by atoms with Crippen LogP contribution in [0.15, 0.2) is 0 Å². The van der Waals surface area contributed by atoms with Crippen LogP contribution >= 0.6 is 0 Å². The zero-order valence-electron chi connectivity index (χ0n) is 14.7. The van der Waals surface area contributed by atoms with Gasteiger partial charge in [0.1, 0.15) is 6.61 Å². The molecule has 1 N–H and O–H groups in total. The van der Waals surface area contributed by atoms with E-state index < -0.39 is 10.0 Å². The molecule has 3 rings (SSSR count). The standard InChI is InChI=1S/C15H25N5O4S/c1-3-25(22,23)19-8-6-18(7-9-19)5-4-16-14(21)13-12(2)15-20(17-13)10-11-24-15/h3-11H2,1-2H3,(H,16,21). The molecule has 9 nitrogen and oxygen atoms in total. The van der Waals surface area contributed by atoms with Crippen LogP contribution in [0.4, 0.5) is 0 Å². The number of fused-ring (bicyclic) bond motifs is 1. The zero-order valence-corrected chi connectivity index (χ0v) is 15.5. The van der Waals surface area contributed by atoms with Gasteiger partial charge in [-0.05, 0) is 13.8 Å². The summed E-state index contributed by atoms with van der Waals surface area (Å²) in [7, 11) is -3.10. The van der Waals surface area contributed by atoms with Gasteiger partial charge in [-0.3, -0.25) is 9.69 Å². The van der Waals surface area contributed by atoms with E-state index >= 15 is 0 Å². The molecule has 1 saturated heterocycles.